The maximum absolute atomic E-state index is 12.3. The summed E-state index contributed by atoms with van der Waals surface area (Å²) in [6, 6.07) is 20.2. The van der Waals surface area contributed by atoms with Crippen LogP contribution < -0.4 is 10.6 Å². The van der Waals surface area contributed by atoms with E-state index in [4.69, 9.17) is 11.6 Å². The van der Waals surface area contributed by atoms with Gasteiger partial charge in [-0.3, -0.25) is 9.78 Å². The Hall–Kier alpha value is -2.89. The van der Waals surface area contributed by atoms with E-state index in [2.05, 4.69) is 15.6 Å². The highest BCUT2D eigenvalue weighted by atomic mass is 35.5. The molecule has 0 aliphatic rings. The van der Waals surface area contributed by atoms with E-state index >= 15 is 0 Å². The van der Waals surface area contributed by atoms with Crippen LogP contribution in [-0.2, 0) is 6.54 Å². The van der Waals surface area contributed by atoms with Gasteiger partial charge in [0.05, 0.1) is 6.10 Å². The van der Waals surface area contributed by atoms with Crippen LogP contribution in [0.5, 0.6) is 0 Å². The predicted octanol–water partition coefficient (Wildman–Crippen LogP) is 3.81. The first-order valence-electron chi connectivity index (χ1n) is 8.58. The molecule has 0 radical (unpaired) electrons. The van der Waals surface area contributed by atoms with Crippen LogP contribution in [0.15, 0.2) is 72.9 Å². The quantitative estimate of drug-likeness (QED) is 0.581. The smallest absolute Gasteiger partial charge is 0.270 e. The van der Waals surface area contributed by atoms with Gasteiger partial charge in [-0.1, -0.05) is 60.1 Å². The van der Waals surface area contributed by atoms with Gasteiger partial charge in [-0.15, -0.1) is 0 Å². The van der Waals surface area contributed by atoms with Gasteiger partial charge >= 0.3 is 0 Å². The molecule has 1 amide bonds. The third kappa shape index (κ3) is 5.29. The van der Waals surface area contributed by atoms with Crippen LogP contribution in [0.25, 0.3) is 0 Å². The summed E-state index contributed by atoms with van der Waals surface area (Å²) in [5, 5.41) is 16.8. The second kappa shape index (κ2) is 9.16. The normalized spacial score (nSPS) is 11.6. The molecule has 138 valence electrons. The van der Waals surface area contributed by atoms with Crippen molar-refractivity contribution in [3.63, 3.8) is 0 Å². The summed E-state index contributed by atoms with van der Waals surface area (Å²) in [5.74, 6) is -0.255. The van der Waals surface area contributed by atoms with Gasteiger partial charge in [-0.25, -0.2) is 0 Å². The van der Waals surface area contributed by atoms with E-state index in [1.54, 1.807) is 30.5 Å². The van der Waals surface area contributed by atoms with Crippen molar-refractivity contribution in [1.82, 2.24) is 10.3 Å². The molecule has 1 heterocycles. The van der Waals surface area contributed by atoms with Crippen molar-refractivity contribution in [2.24, 2.45) is 0 Å². The number of benzene rings is 2. The fourth-order valence-corrected chi connectivity index (χ4v) is 2.86. The van der Waals surface area contributed by atoms with Gasteiger partial charge in [0.2, 0.25) is 0 Å². The largest absolute Gasteiger partial charge is 0.387 e. The Kier molecular flexibility index (Phi) is 6.41. The van der Waals surface area contributed by atoms with Gasteiger partial charge in [-0.2, -0.15) is 0 Å². The molecule has 1 atom stereocenters. The molecule has 6 heteroatoms. The predicted molar refractivity (Wildman–Crippen MR) is 107 cm³/mol. The molecule has 2 aromatic carbocycles. The van der Waals surface area contributed by atoms with Crippen LogP contribution >= 0.6 is 11.6 Å². The molecule has 0 spiro atoms. The number of aliphatic hydroxyl groups is 1. The molecular formula is C21H20ClN3O2. The summed E-state index contributed by atoms with van der Waals surface area (Å²) in [6.45, 7) is 0.697. The topological polar surface area (TPSA) is 74.2 Å². The number of aromatic nitrogens is 1. The lowest BCUT2D eigenvalue weighted by Crippen LogP contribution is -2.24. The van der Waals surface area contributed by atoms with E-state index < -0.39 is 6.10 Å². The third-order valence-corrected chi connectivity index (χ3v) is 4.40. The van der Waals surface area contributed by atoms with E-state index in [1.165, 1.54) is 0 Å². The van der Waals surface area contributed by atoms with Crippen LogP contribution in [-0.4, -0.2) is 22.5 Å². The molecule has 5 nitrogen and oxygen atoms in total. The highest BCUT2D eigenvalue weighted by molar-refractivity contribution is 6.31. The van der Waals surface area contributed by atoms with Crippen molar-refractivity contribution in [2.45, 2.75) is 12.6 Å². The maximum atomic E-state index is 12.3. The van der Waals surface area contributed by atoms with Gasteiger partial charge < -0.3 is 15.7 Å². The molecule has 0 bridgehead atoms. The number of anilines is 1. The Bertz CT molecular complexity index is 903. The number of amides is 1. The maximum Gasteiger partial charge on any atom is 0.270 e. The zero-order valence-electron chi connectivity index (χ0n) is 14.6. The van der Waals surface area contributed by atoms with Crippen molar-refractivity contribution in [3.05, 3.63) is 94.8 Å². The lowest BCUT2D eigenvalue weighted by Gasteiger charge is -2.15. The molecule has 3 N–H and O–H groups in total. The van der Waals surface area contributed by atoms with Gasteiger partial charge in [-0.05, 0) is 23.8 Å². The van der Waals surface area contributed by atoms with E-state index in [9.17, 15) is 9.90 Å². The van der Waals surface area contributed by atoms with Crippen LogP contribution in [0.1, 0.15) is 27.7 Å². The first-order chi connectivity index (χ1) is 13.1. The third-order valence-electron chi connectivity index (χ3n) is 4.05. The monoisotopic (exact) mass is 381 g/mol. The zero-order valence-corrected chi connectivity index (χ0v) is 15.4. The van der Waals surface area contributed by atoms with E-state index in [1.807, 2.05) is 42.5 Å². The molecule has 1 unspecified atom stereocenters. The number of hydrogen-bond donors (Lipinski definition) is 3. The van der Waals surface area contributed by atoms with Crippen molar-refractivity contribution in [2.75, 3.05) is 11.9 Å². The summed E-state index contributed by atoms with van der Waals surface area (Å²) >= 11 is 6.10. The summed E-state index contributed by atoms with van der Waals surface area (Å²) in [4.78, 5) is 16.4. The van der Waals surface area contributed by atoms with Gasteiger partial charge in [0.1, 0.15) is 5.69 Å². The zero-order chi connectivity index (χ0) is 19.1. The second-order valence-electron chi connectivity index (χ2n) is 6.02. The van der Waals surface area contributed by atoms with E-state index in [0.29, 0.717) is 28.5 Å². The van der Waals surface area contributed by atoms with E-state index in [0.717, 1.165) is 5.56 Å². The number of aliphatic hydroxyl groups excluding tert-OH is 1. The molecule has 0 aliphatic heterocycles. The Morgan fingerprint density at radius 3 is 2.59 bits per heavy atom. The fourth-order valence-electron chi connectivity index (χ4n) is 2.60. The Labute approximate surface area is 163 Å². The van der Waals surface area contributed by atoms with Crippen LogP contribution in [0, 0.1) is 0 Å². The van der Waals surface area contributed by atoms with Crippen molar-refractivity contribution in [3.8, 4) is 0 Å². The molecule has 1 aromatic heterocycles. The van der Waals surface area contributed by atoms with Crippen LogP contribution in [0.4, 0.5) is 5.69 Å². The standard InChI is InChI=1S/C21H20ClN3O2/c22-18-9-5-4-8-17(18)20(26)14-24-16-10-11-23-19(12-16)21(27)25-13-15-6-2-1-3-7-15/h1-12,20,26H,13-14H2,(H,23,24)(H,25,27). The summed E-state index contributed by atoms with van der Waals surface area (Å²) in [5.41, 5.74) is 2.67. The van der Waals surface area contributed by atoms with Crippen molar-refractivity contribution >= 4 is 23.2 Å². The lowest BCUT2D eigenvalue weighted by molar-refractivity contribution is 0.0946. The number of halogens is 1. The van der Waals surface area contributed by atoms with Crippen molar-refractivity contribution in [1.29, 1.82) is 0 Å². The Balaban J connectivity index is 1.58. The highest BCUT2D eigenvalue weighted by Crippen LogP contribution is 2.23. The number of pyridine rings is 1. The number of nitrogens with zero attached hydrogens (tertiary/aromatic N) is 1. The molecule has 0 aliphatic carbocycles. The van der Waals surface area contributed by atoms with Gasteiger partial charge in [0, 0.05) is 35.6 Å². The molecule has 3 rings (SSSR count). The molecule has 0 fully saturated rings. The molecule has 0 saturated carbocycles. The lowest BCUT2D eigenvalue weighted by atomic mass is 10.1. The van der Waals surface area contributed by atoms with Gasteiger partial charge in [0.15, 0.2) is 0 Å². The number of hydrogen-bond acceptors (Lipinski definition) is 4. The summed E-state index contributed by atoms with van der Waals surface area (Å²) in [7, 11) is 0. The second-order valence-corrected chi connectivity index (χ2v) is 6.42. The molecule has 27 heavy (non-hydrogen) atoms. The number of carbonyl (C=O) groups is 1. The number of nitrogens with one attached hydrogen (secondary N) is 2. The minimum Gasteiger partial charge on any atom is -0.387 e. The van der Waals surface area contributed by atoms with Crippen LogP contribution in [0.2, 0.25) is 5.02 Å². The average molecular weight is 382 g/mol. The average Bonchev–Trinajstić information content (AvgIpc) is 2.71. The molecule has 0 saturated heterocycles. The first kappa shape index (κ1) is 18.9. The highest BCUT2D eigenvalue weighted by Gasteiger charge is 2.12. The van der Waals surface area contributed by atoms with E-state index in [-0.39, 0.29) is 12.5 Å². The SMILES string of the molecule is O=C(NCc1ccccc1)c1cc(NCC(O)c2ccccc2Cl)ccn1. The first-order valence-corrected chi connectivity index (χ1v) is 8.96. The minimum absolute atomic E-state index is 0.255. The van der Waals surface area contributed by atoms with Crippen molar-refractivity contribution < 1.29 is 9.90 Å². The Morgan fingerprint density at radius 2 is 1.81 bits per heavy atom. The number of rotatable bonds is 7. The van der Waals surface area contributed by atoms with Gasteiger partial charge in [0.25, 0.3) is 5.91 Å². The Morgan fingerprint density at radius 1 is 1.07 bits per heavy atom. The molecule has 3 aromatic rings. The van der Waals surface area contributed by atoms with Crippen LogP contribution in [0.3, 0.4) is 0 Å². The summed E-state index contributed by atoms with van der Waals surface area (Å²) < 4.78 is 0. The number of carbonyl (C=O) groups excluding carboxylic acids is 1. The fraction of sp³-hybridized carbons (Fsp3) is 0.143. The minimum atomic E-state index is -0.762. The molecular weight excluding hydrogens is 362 g/mol. The summed E-state index contributed by atoms with van der Waals surface area (Å²) in [6.07, 6.45) is 0.795.